The lowest BCUT2D eigenvalue weighted by molar-refractivity contribution is 1.13. The van der Waals surface area contributed by atoms with Gasteiger partial charge in [-0.2, -0.15) is 5.26 Å². The van der Waals surface area contributed by atoms with E-state index in [1.807, 2.05) is 18.2 Å². The summed E-state index contributed by atoms with van der Waals surface area (Å²) < 4.78 is 0. The number of nitrogens with zero attached hydrogens (tertiary/aromatic N) is 2. The summed E-state index contributed by atoms with van der Waals surface area (Å²) in [4.78, 5) is 5.23. The van der Waals surface area contributed by atoms with Crippen molar-refractivity contribution in [3.8, 4) is 6.07 Å². The predicted molar refractivity (Wildman–Crippen MR) is 64.5 cm³/mol. The van der Waals surface area contributed by atoms with E-state index < -0.39 is 0 Å². The molecule has 0 N–H and O–H groups in total. The Bertz CT molecular complexity index is 514. The zero-order valence-corrected chi connectivity index (χ0v) is 9.79. The Balaban J connectivity index is 2.15. The second-order valence-corrected chi connectivity index (χ2v) is 4.58. The van der Waals surface area contributed by atoms with E-state index in [9.17, 15) is 0 Å². The van der Waals surface area contributed by atoms with Crippen molar-refractivity contribution in [2.75, 3.05) is 0 Å². The van der Waals surface area contributed by atoms with Crippen LogP contribution in [0.25, 0.3) is 0 Å². The fourth-order valence-corrected chi connectivity index (χ4v) is 2.01. The van der Waals surface area contributed by atoms with Crippen LogP contribution in [0.4, 0.5) is 0 Å². The summed E-state index contributed by atoms with van der Waals surface area (Å²) in [5.74, 6) is 0. The Morgan fingerprint density at radius 1 is 1.12 bits per heavy atom. The third-order valence-electron chi connectivity index (χ3n) is 1.91. The first-order valence-electron chi connectivity index (χ1n) is 4.57. The molecule has 0 saturated carbocycles. The highest BCUT2D eigenvalue weighted by atomic mass is 35.5. The summed E-state index contributed by atoms with van der Waals surface area (Å²) in [5.41, 5.74) is 0.661. The van der Waals surface area contributed by atoms with Gasteiger partial charge in [-0.15, -0.1) is 0 Å². The second kappa shape index (κ2) is 5.02. The minimum Gasteiger partial charge on any atom is -0.248 e. The standard InChI is InChI=1S/C12H7ClN2S/c13-10-3-6-12(15-8-10)16-11-4-1-9(7-14)2-5-11/h1-6,8H. The van der Waals surface area contributed by atoms with Crippen molar-refractivity contribution in [1.82, 2.24) is 4.98 Å². The normalized spacial score (nSPS) is 9.75. The number of nitriles is 1. The third-order valence-corrected chi connectivity index (χ3v) is 3.09. The van der Waals surface area contributed by atoms with Crippen LogP contribution in [0.2, 0.25) is 5.02 Å². The Labute approximate surface area is 103 Å². The van der Waals surface area contributed by atoms with Crippen molar-refractivity contribution in [1.29, 1.82) is 5.26 Å². The molecule has 0 aliphatic heterocycles. The molecular weight excluding hydrogens is 240 g/mol. The fraction of sp³-hybridized carbons (Fsp3) is 0. The number of aromatic nitrogens is 1. The maximum absolute atomic E-state index is 8.66. The van der Waals surface area contributed by atoms with Gasteiger partial charge < -0.3 is 0 Å². The SMILES string of the molecule is N#Cc1ccc(Sc2ccc(Cl)cn2)cc1. The van der Waals surface area contributed by atoms with Gasteiger partial charge in [-0.05, 0) is 36.4 Å². The highest BCUT2D eigenvalue weighted by Crippen LogP contribution is 2.26. The monoisotopic (exact) mass is 246 g/mol. The highest BCUT2D eigenvalue weighted by molar-refractivity contribution is 7.99. The molecule has 16 heavy (non-hydrogen) atoms. The highest BCUT2D eigenvalue weighted by Gasteiger charge is 1.99. The summed E-state index contributed by atoms with van der Waals surface area (Å²) in [6.07, 6.45) is 1.62. The van der Waals surface area contributed by atoms with Crippen molar-refractivity contribution in [3.05, 3.63) is 53.2 Å². The zero-order chi connectivity index (χ0) is 11.4. The smallest absolute Gasteiger partial charge is 0.101 e. The second-order valence-electron chi connectivity index (χ2n) is 3.05. The Morgan fingerprint density at radius 3 is 2.44 bits per heavy atom. The first kappa shape index (κ1) is 11.0. The largest absolute Gasteiger partial charge is 0.248 e. The van der Waals surface area contributed by atoms with E-state index in [2.05, 4.69) is 11.1 Å². The van der Waals surface area contributed by atoms with Gasteiger partial charge in [0.1, 0.15) is 5.03 Å². The van der Waals surface area contributed by atoms with E-state index in [4.69, 9.17) is 16.9 Å². The van der Waals surface area contributed by atoms with Crippen molar-refractivity contribution < 1.29 is 0 Å². The summed E-state index contributed by atoms with van der Waals surface area (Å²) in [5, 5.41) is 10.2. The van der Waals surface area contributed by atoms with Crippen molar-refractivity contribution >= 4 is 23.4 Å². The fourth-order valence-electron chi connectivity index (χ4n) is 1.14. The molecule has 0 atom stereocenters. The van der Waals surface area contributed by atoms with Gasteiger partial charge in [-0.3, -0.25) is 0 Å². The predicted octanol–water partition coefficient (Wildman–Crippen LogP) is 3.76. The quantitative estimate of drug-likeness (QED) is 0.810. The average Bonchev–Trinajstić information content (AvgIpc) is 2.33. The average molecular weight is 247 g/mol. The van der Waals surface area contributed by atoms with E-state index >= 15 is 0 Å². The van der Waals surface area contributed by atoms with Gasteiger partial charge in [-0.1, -0.05) is 23.4 Å². The minimum atomic E-state index is 0.629. The Kier molecular flexibility index (Phi) is 3.45. The molecule has 0 fully saturated rings. The van der Waals surface area contributed by atoms with E-state index in [1.165, 1.54) is 11.8 Å². The van der Waals surface area contributed by atoms with Crippen LogP contribution in [0, 0.1) is 11.3 Å². The van der Waals surface area contributed by atoms with Crippen LogP contribution in [0.15, 0.2) is 52.5 Å². The number of halogens is 1. The van der Waals surface area contributed by atoms with Gasteiger partial charge in [0.2, 0.25) is 0 Å². The molecule has 4 heteroatoms. The number of rotatable bonds is 2. The van der Waals surface area contributed by atoms with Crippen LogP contribution in [-0.2, 0) is 0 Å². The Morgan fingerprint density at radius 2 is 1.88 bits per heavy atom. The topological polar surface area (TPSA) is 36.7 Å². The number of pyridine rings is 1. The third kappa shape index (κ3) is 2.75. The van der Waals surface area contributed by atoms with Crippen LogP contribution >= 0.6 is 23.4 Å². The molecule has 2 nitrogen and oxygen atoms in total. The molecule has 0 saturated heterocycles. The molecule has 0 aliphatic rings. The van der Waals surface area contributed by atoms with Gasteiger partial charge in [0.25, 0.3) is 0 Å². The number of hydrogen-bond donors (Lipinski definition) is 0. The van der Waals surface area contributed by atoms with Crippen LogP contribution in [0.1, 0.15) is 5.56 Å². The van der Waals surface area contributed by atoms with Crippen LogP contribution in [0.5, 0.6) is 0 Å². The molecular formula is C12H7ClN2S. The lowest BCUT2D eigenvalue weighted by Gasteiger charge is -2.00. The molecule has 0 radical (unpaired) electrons. The first-order valence-corrected chi connectivity index (χ1v) is 5.77. The van der Waals surface area contributed by atoms with Crippen molar-refractivity contribution in [3.63, 3.8) is 0 Å². The molecule has 0 unspecified atom stereocenters. The van der Waals surface area contributed by atoms with Gasteiger partial charge in [0, 0.05) is 11.1 Å². The lowest BCUT2D eigenvalue weighted by Crippen LogP contribution is -1.79. The molecule has 0 aliphatic carbocycles. The first-order chi connectivity index (χ1) is 7.78. The maximum atomic E-state index is 8.66. The lowest BCUT2D eigenvalue weighted by atomic mass is 10.2. The van der Waals surface area contributed by atoms with Crippen molar-refractivity contribution in [2.24, 2.45) is 0 Å². The maximum Gasteiger partial charge on any atom is 0.101 e. The van der Waals surface area contributed by atoms with E-state index in [-0.39, 0.29) is 0 Å². The molecule has 2 rings (SSSR count). The summed E-state index contributed by atoms with van der Waals surface area (Å²) in [6, 6.07) is 13.1. The molecule has 1 aromatic carbocycles. The van der Waals surface area contributed by atoms with Crippen molar-refractivity contribution in [2.45, 2.75) is 9.92 Å². The zero-order valence-electron chi connectivity index (χ0n) is 8.22. The molecule has 1 aromatic heterocycles. The van der Waals surface area contributed by atoms with Gasteiger partial charge in [-0.25, -0.2) is 4.98 Å². The number of hydrogen-bond acceptors (Lipinski definition) is 3. The van der Waals surface area contributed by atoms with Gasteiger partial charge >= 0.3 is 0 Å². The molecule has 0 amide bonds. The molecule has 2 aromatic rings. The molecule has 78 valence electrons. The van der Waals surface area contributed by atoms with Gasteiger partial charge in [0.15, 0.2) is 0 Å². The van der Waals surface area contributed by atoms with Crippen LogP contribution in [0.3, 0.4) is 0 Å². The minimum absolute atomic E-state index is 0.629. The van der Waals surface area contributed by atoms with E-state index in [0.717, 1.165) is 9.92 Å². The molecule has 0 spiro atoms. The van der Waals surface area contributed by atoms with Gasteiger partial charge in [0.05, 0.1) is 16.7 Å². The Hall–Kier alpha value is -1.50. The summed E-state index contributed by atoms with van der Waals surface area (Å²) in [7, 11) is 0. The molecule has 1 heterocycles. The summed E-state index contributed by atoms with van der Waals surface area (Å²) in [6.45, 7) is 0. The summed E-state index contributed by atoms with van der Waals surface area (Å²) >= 11 is 7.28. The van der Waals surface area contributed by atoms with Crippen LogP contribution < -0.4 is 0 Å². The van der Waals surface area contributed by atoms with Crippen LogP contribution in [-0.4, -0.2) is 4.98 Å². The number of benzene rings is 1. The van der Waals surface area contributed by atoms with E-state index in [1.54, 1.807) is 24.4 Å². The van der Waals surface area contributed by atoms with E-state index in [0.29, 0.717) is 10.6 Å². The molecule has 0 bridgehead atoms.